The Balaban J connectivity index is 1.79. The standard InChI is InChI=1S/C21H24ClN5/c1-27(2)13-12-23-21-25-19(17-6-4-3-5-7-17)14-20(26-21)24-15-16-8-10-18(22)11-9-16/h3-11,14H,12-13,15H2,1-2H3,(H2,23,24,25,26). The summed E-state index contributed by atoms with van der Waals surface area (Å²) in [6.45, 7) is 2.36. The highest BCUT2D eigenvalue weighted by Gasteiger charge is 2.07. The molecular formula is C21H24ClN5. The molecular weight excluding hydrogens is 358 g/mol. The normalized spacial score (nSPS) is 10.8. The van der Waals surface area contributed by atoms with E-state index in [9.17, 15) is 0 Å². The summed E-state index contributed by atoms with van der Waals surface area (Å²) in [6, 6.07) is 19.9. The van der Waals surface area contributed by atoms with Gasteiger partial charge in [0.15, 0.2) is 0 Å². The number of hydrogen-bond acceptors (Lipinski definition) is 5. The Morgan fingerprint density at radius 3 is 2.37 bits per heavy atom. The number of nitrogens with one attached hydrogen (secondary N) is 2. The van der Waals surface area contributed by atoms with Crippen molar-refractivity contribution in [1.29, 1.82) is 0 Å². The van der Waals surface area contributed by atoms with E-state index in [1.807, 2.05) is 62.6 Å². The molecule has 0 amide bonds. The van der Waals surface area contributed by atoms with Crippen LogP contribution in [-0.4, -0.2) is 42.1 Å². The van der Waals surface area contributed by atoms with Gasteiger partial charge in [-0.15, -0.1) is 0 Å². The molecule has 0 fully saturated rings. The van der Waals surface area contributed by atoms with Crippen molar-refractivity contribution in [1.82, 2.24) is 14.9 Å². The average Bonchev–Trinajstić information content (AvgIpc) is 2.68. The molecule has 0 aliphatic heterocycles. The van der Waals surface area contributed by atoms with Gasteiger partial charge in [-0.1, -0.05) is 54.1 Å². The van der Waals surface area contributed by atoms with Gasteiger partial charge in [0.05, 0.1) is 5.69 Å². The van der Waals surface area contributed by atoms with Crippen LogP contribution in [0.5, 0.6) is 0 Å². The highest BCUT2D eigenvalue weighted by molar-refractivity contribution is 6.30. The van der Waals surface area contributed by atoms with E-state index in [0.29, 0.717) is 12.5 Å². The van der Waals surface area contributed by atoms with E-state index in [1.165, 1.54) is 0 Å². The van der Waals surface area contributed by atoms with Gasteiger partial charge >= 0.3 is 0 Å². The third kappa shape index (κ3) is 5.94. The van der Waals surface area contributed by atoms with Crippen molar-refractivity contribution in [2.24, 2.45) is 0 Å². The van der Waals surface area contributed by atoms with Crippen LogP contribution in [0.2, 0.25) is 5.02 Å². The first kappa shape index (κ1) is 19.1. The second-order valence-electron chi connectivity index (χ2n) is 6.54. The third-order valence-electron chi connectivity index (χ3n) is 4.02. The molecule has 0 radical (unpaired) electrons. The van der Waals surface area contributed by atoms with Gasteiger partial charge in [-0.3, -0.25) is 0 Å². The second-order valence-corrected chi connectivity index (χ2v) is 6.97. The molecule has 0 atom stereocenters. The number of rotatable bonds is 8. The average molecular weight is 382 g/mol. The van der Waals surface area contributed by atoms with Crippen molar-refractivity contribution in [3.63, 3.8) is 0 Å². The van der Waals surface area contributed by atoms with Crippen LogP contribution in [0.25, 0.3) is 11.3 Å². The van der Waals surface area contributed by atoms with Gasteiger partial charge in [0.1, 0.15) is 5.82 Å². The molecule has 0 unspecified atom stereocenters. The van der Waals surface area contributed by atoms with E-state index in [4.69, 9.17) is 11.6 Å². The van der Waals surface area contributed by atoms with Crippen LogP contribution in [0.15, 0.2) is 60.7 Å². The molecule has 5 nitrogen and oxygen atoms in total. The highest BCUT2D eigenvalue weighted by Crippen LogP contribution is 2.22. The molecule has 3 rings (SSSR count). The maximum absolute atomic E-state index is 5.96. The van der Waals surface area contributed by atoms with Crippen molar-refractivity contribution in [3.05, 3.63) is 71.2 Å². The van der Waals surface area contributed by atoms with Gasteiger partial charge in [0, 0.05) is 36.3 Å². The summed E-state index contributed by atoms with van der Waals surface area (Å²) >= 11 is 5.96. The molecule has 0 spiro atoms. The van der Waals surface area contributed by atoms with Gasteiger partial charge in [0.2, 0.25) is 5.95 Å². The van der Waals surface area contributed by atoms with Crippen LogP contribution in [0.1, 0.15) is 5.56 Å². The molecule has 0 saturated heterocycles. The maximum atomic E-state index is 5.96. The van der Waals surface area contributed by atoms with E-state index in [-0.39, 0.29) is 0 Å². The summed E-state index contributed by atoms with van der Waals surface area (Å²) in [4.78, 5) is 11.4. The molecule has 0 aliphatic carbocycles. The zero-order chi connectivity index (χ0) is 19.1. The summed E-state index contributed by atoms with van der Waals surface area (Å²) in [5.74, 6) is 1.41. The minimum absolute atomic E-state index is 0.622. The first-order valence-corrected chi connectivity index (χ1v) is 9.29. The lowest BCUT2D eigenvalue weighted by atomic mass is 10.1. The largest absolute Gasteiger partial charge is 0.366 e. The number of hydrogen-bond donors (Lipinski definition) is 2. The SMILES string of the molecule is CN(C)CCNc1nc(NCc2ccc(Cl)cc2)cc(-c2ccccc2)n1. The minimum Gasteiger partial charge on any atom is -0.366 e. The zero-order valence-electron chi connectivity index (χ0n) is 15.6. The summed E-state index contributed by atoms with van der Waals surface area (Å²) in [5, 5.41) is 7.43. The van der Waals surface area contributed by atoms with Crippen LogP contribution in [0.4, 0.5) is 11.8 Å². The van der Waals surface area contributed by atoms with Crippen molar-refractivity contribution in [2.75, 3.05) is 37.8 Å². The van der Waals surface area contributed by atoms with Gasteiger partial charge in [0.25, 0.3) is 0 Å². The number of halogens is 1. The third-order valence-corrected chi connectivity index (χ3v) is 4.28. The topological polar surface area (TPSA) is 53.1 Å². The van der Waals surface area contributed by atoms with Crippen molar-refractivity contribution >= 4 is 23.4 Å². The van der Waals surface area contributed by atoms with Crippen LogP contribution < -0.4 is 10.6 Å². The smallest absolute Gasteiger partial charge is 0.225 e. The van der Waals surface area contributed by atoms with E-state index in [1.54, 1.807) is 0 Å². The van der Waals surface area contributed by atoms with Crippen LogP contribution in [0, 0.1) is 0 Å². The van der Waals surface area contributed by atoms with Gasteiger partial charge in [-0.2, -0.15) is 4.98 Å². The Bertz CT molecular complexity index is 850. The molecule has 0 aliphatic rings. The fourth-order valence-electron chi connectivity index (χ4n) is 2.56. The lowest BCUT2D eigenvalue weighted by Gasteiger charge is -2.13. The van der Waals surface area contributed by atoms with Gasteiger partial charge < -0.3 is 15.5 Å². The summed E-state index contributed by atoms with van der Waals surface area (Å²) in [7, 11) is 4.09. The molecule has 0 saturated carbocycles. The fraction of sp³-hybridized carbons (Fsp3) is 0.238. The summed E-state index contributed by atoms with van der Waals surface area (Å²) in [5.41, 5.74) is 3.09. The molecule has 1 heterocycles. The number of aromatic nitrogens is 2. The molecule has 6 heteroatoms. The number of likely N-dealkylation sites (N-methyl/N-ethyl adjacent to an activating group) is 1. The first-order chi connectivity index (χ1) is 13.1. The number of anilines is 2. The molecule has 0 bridgehead atoms. The van der Waals surface area contributed by atoms with Gasteiger partial charge in [-0.25, -0.2) is 4.98 Å². The lowest BCUT2D eigenvalue weighted by molar-refractivity contribution is 0.425. The van der Waals surface area contributed by atoms with Crippen LogP contribution >= 0.6 is 11.6 Å². The fourth-order valence-corrected chi connectivity index (χ4v) is 2.69. The van der Waals surface area contributed by atoms with E-state index < -0.39 is 0 Å². The molecule has 1 aromatic heterocycles. The predicted molar refractivity (Wildman–Crippen MR) is 113 cm³/mol. The molecule has 2 aromatic carbocycles. The van der Waals surface area contributed by atoms with Crippen LogP contribution in [0.3, 0.4) is 0 Å². The van der Waals surface area contributed by atoms with E-state index in [2.05, 4.69) is 37.6 Å². The maximum Gasteiger partial charge on any atom is 0.225 e. The zero-order valence-corrected chi connectivity index (χ0v) is 16.4. The molecule has 27 heavy (non-hydrogen) atoms. The Morgan fingerprint density at radius 1 is 0.926 bits per heavy atom. The highest BCUT2D eigenvalue weighted by atomic mass is 35.5. The minimum atomic E-state index is 0.622. The number of benzene rings is 2. The lowest BCUT2D eigenvalue weighted by Crippen LogP contribution is -2.21. The first-order valence-electron chi connectivity index (χ1n) is 8.91. The Kier molecular flexibility index (Phi) is 6.63. The predicted octanol–water partition coefficient (Wildman–Crippen LogP) is 4.38. The van der Waals surface area contributed by atoms with Gasteiger partial charge in [-0.05, 0) is 31.8 Å². The summed E-state index contributed by atoms with van der Waals surface area (Å²) in [6.07, 6.45) is 0. The number of nitrogens with zero attached hydrogens (tertiary/aromatic N) is 3. The van der Waals surface area contributed by atoms with E-state index >= 15 is 0 Å². The quantitative estimate of drug-likeness (QED) is 0.606. The Hall–Kier alpha value is -2.63. The molecule has 2 N–H and O–H groups in total. The van der Waals surface area contributed by atoms with Crippen molar-refractivity contribution < 1.29 is 0 Å². The van der Waals surface area contributed by atoms with E-state index in [0.717, 1.165) is 40.8 Å². The molecule has 3 aromatic rings. The van der Waals surface area contributed by atoms with Crippen molar-refractivity contribution in [3.8, 4) is 11.3 Å². The summed E-state index contributed by atoms with van der Waals surface area (Å²) < 4.78 is 0. The van der Waals surface area contributed by atoms with Crippen LogP contribution in [-0.2, 0) is 6.54 Å². The van der Waals surface area contributed by atoms with Crippen molar-refractivity contribution in [2.45, 2.75) is 6.54 Å². The molecule has 140 valence electrons. The second kappa shape index (κ2) is 9.35. The Morgan fingerprint density at radius 2 is 1.67 bits per heavy atom. The Labute approximate surface area is 165 Å². The monoisotopic (exact) mass is 381 g/mol.